The summed E-state index contributed by atoms with van der Waals surface area (Å²) in [6, 6.07) is 16.6. The van der Waals surface area contributed by atoms with Crippen LogP contribution < -0.4 is 9.47 Å². The molecule has 0 fully saturated rings. The fourth-order valence-electron chi connectivity index (χ4n) is 3.72. The predicted molar refractivity (Wildman–Crippen MR) is 120 cm³/mol. The number of aromatic nitrogens is 1. The number of pyridine rings is 1. The number of halogens is 5. The Hall–Kier alpha value is -4.38. The number of imide groups is 1. The van der Waals surface area contributed by atoms with E-state index < -0.39 is 58.0 Å². The van der Waals surface area contributed by atoms with Crippen LogP contribution in [0.1, 0.15) is 0 Å². The molecule has 11 heteroatoms. The summed E-state index contributed by atoms with van der Waals surface area (Å²) in [5.41, 5.74) is -0.733. The maximum Gasteiger partial charge on any atom is 0.335 e. The number of aliphatic hydroxyl groups is 1. The van der Waals surface area contributed by atoms with Gasteiger partial charge in [0.05, 0.1) is 0 Å². The first kappa shape index (κ1) is 23.4. The predicted octanol–water partition coefficient (Wildman–Crippen LogP) is 5.37. The summed E-state index contributed by atoms with van der Waals surface area (Å²) in [7, 11) is 0. The van der Waals surface area contributed by atoms with Crippen LogP contribution in [0.3, 0.4) is 0 Å². The molecule has 3 heterocycles. The van der Waals surface area contributed by atoms with Gasteiger partial charge in [-0.05, 0) is 17.7 Å². The molecular weight excluding hydrogens is 503 g/mol. The lowest BCUT2D eigenvalue weighted by molar-refractivity contribution is -0.578. The second-order valence-electron chi connectivity index (χ2n) is 7.59. The van der Waals surface area contributed by atoms with Gasteiger partial charge in [-0.3, -0.25) is 9.59 Å². The molecule has 0 saturated carbocycles. The van der Waals surface area contributed by atoms with Crippen LogP contribution in [0.15, 0.2) is 72.8 Å². The van der Waals surface area contributed by atoms with Crippen molar-refractivity contribution >= 4 is 34.5 Å². The summed E-state index contributed by atoms with van der Waals surface area (Å²) < 4.78 is 70.2. The first-order chi connectivity index (χ1) is 17.2. The Morgan fingerprint density at radius 2 is 1.17 bits per heavy atom. The van der Waals surface area contributed by atoms with E-state index in [4.69, 9.17) is 0 Å². The largest absolute Gasteiger partial charge is 0.498 e. The number of rotatable bonds is 4. The van der Waals surface area contributed by atoms with Crippen molar-refractivity contribution in [3.05, 3.63) is 102 Å². The molecule has 2 aromatic heterocycles. The molecular formula is C25H12F5N2O3S+. The minimum absolute atomic E-state index is 0.284. The first-order valence-corrected chi connectivity index (χ1v) is 11.0. The maximum atomic E-state index is 14.3. The van der Waals surface area contributed by atoms with Crippen LogP contribution in [0, 0.1) is 29.1 Å². The van der Waals surface area contributed by atoms with E-state index >= 15 is 0 Å². The molecule has 0 atom stereocenters. The highest BCUT2D eigenvalue weighted by atomic mass is 32.1. The molecule has 0 unspecified atom stereocenters. The third kappa shape index (κ3) is 3.55. The molecule has 1 N–H and O–H groups in total. The van der Waals surface area contributed by atoms with Crippen LogP contribution in [0.2, 0.25) is 0 Å². The Kier molecular flexibility index (Phi) is 5.64. The summed E-state index contributed by atoms with van der Waals surface area (Å²) in [5.74, 6) is -16.2. The zero-order valence-electron chi connectivity index (χ0n) is 17.8. The lowest BCUT2D eigenvalue weighted by atomic mass is 10.2. The lowest BCUT2D eigenvalue weighted by Crippen LogP contribution is -2.40. The van der Waals surface area contributed by atoms with Crippen LogP contribution >= 0.6 is 11.3 Å². The standard InChI is InChI=1S/C25H11F5N2O3S/c26-16-17(27)19(29)21(20(30)18(16)28)32-24(34)22(23(33)25(32)35)31-10-8-13(9-11-31)15-7-6-14(36-15)12-4-2-1-3-5-12/h1-11H/p+1. The molecule has 4 aromatic rings. The van der Waals surface area contributed by atoms with Gasteiger partial charge in [-0.2, -0.15) is 4.57 Å². The summed E-state index contributed by atoms with van der Waals surface area (Å²) in [4.78, 5) is 26.9. The number of thiophene rings is 1. The van der Waals surface area contributed by atoms with E-state index in [1.807, 2.05) is 42.5 Å². The monoisotopic (exact) mass is 515 g/mol. The van der Waals surface area contributed by atoms with E-state index in [1.165, 1.54) is 23.7 Å². The molecule has 180 valence electrons. The minimum Gasteiger partial charge on any atom is -0.498 e. The van der Waals surface area contributed by atoms with Crippen molar-refractivity contribution in [2.75, 3.05) is 4.90 Å². The highest BCUT2D eigenvalue weighted by Crippen LogP contribution is 2.36. The van der Waals surface area contributed by atoms with Crippen molar-refractivity contribution in [2.45, 2.75) is 0 Å². The van der Waals surface area contributed by atoms with Gasteiger partial charge >= 0.3 is 17.5 Å². The summed E-state index contributed by atoms with van der Waals surface area (Å²) >= 11 is 1.50. The molecule has 0 bridgehead atoms. The third-order valence-corrected chi connectivity index (χ3v) is 6.67. The molecule has 5 nitrogen and oxygen atoms in total. The topological polar surface area (TPSA) is 61.5 Å². The first-order valence-electron chi connectivity index (χ1n) is 10.2. The molecule has 0 saturated heterocycles. The van der Waals surface area contributed by atoms with Crippen LogP contribution in [-0.2, 0) is 9.59 Å². The Morgan fingerprint density at radius 1 is 0.667 bits per heavy atom. The smallest absolute Gasteiger partial charge is 0.335 e. The van der Waals surface area contributed by atoms with Gasteiger partial charge in [0.2, 0.25) is 5.82 Å². The number of anilines is 1. The van der Waals surface area contributed by atoms with Crippen LogP contribution in [-0.4, -0.2) is 16.9 Å². The second kappa shape index (κ2) is 8.68. The number of carbonyl (C=O) groups excluding carboxylic acids is 2. The molecule has 2 amide bonds. The molecule has 0 spiro atoms. The molecule has 0 radical (unpaired) electrons. The van der Waals surface area contributed by atoms with Crippen molar-refractivity contribution in [1.82, 2.24) is 0 Å². The number of amides is 2. The molecule has 0 aliphatic carbocycles. The number of aliphatic hydroxyl groups excluding tert-OH is 1. The van der Waals surface area contributed by atoms with Crippen molar-refractivity contribution in [2.24, 2.45) is 0 Å². The summed E-state index contributed by atoms with van der Waals surface area (Å²) in [6.07, 6.45) is 2.63. The van der Waals surface area contributed by atoms with Crippen LogP contribution in [0.4, 0.5) is 27.6 Å². The van der Waals surface area contributed by atoms with Gasteiger partial charge in [0, 0.05) is 27.5 Å². The van der Waals surface area contributed by atoms with Gasteiger partial charge in [0.15, 0.2) is 35.7 Å². The van der Waals surface area contributed by atoms with E-state index in [-0.39, 0.29) is 4.90 Å². The fourth-order valence-corrected chi connectivity index (χ4v) is 4.74. The summed E-state index contributed by atoms with van der Waals surface area (Å²) in [6.45, 7) is 0. The highest BCUT2D eigenvalue weighted by Gasteiger charge is 2.49. The van der Waals surface area contributed by atoms with E-state index in [1.54, 1.807) is 12.1 Å². The normalized spacial score (nSPS) is 13.8. The van der Waals surface area contributed by atoms with Gasteiger partial charge in [0.25, 0.3) is 5.76 Å². The number of benzene rings is 2. The molecule has 1 aliphatic heterocycles. The van der Waals surface area contributed by atoms with Crippen molar-refractivity contribution in [3.63, 3.8) is 0 Å². The van der Waals surface area contributed by atoms with Crippen molar-refractivity contribution < 1.29 is 41.2 Å². The average Bonchev–Trinajstić information content (AvgIpc) is 3.47. The van der Waals surface area contributed by atoms with Crippen molar-refractivity contribution in [1.29, 1.82) is 0 Å². The lowest BCUT2D eigenvalue weighted by Gasteiger charge is -2.16. The molecule has 5 rings (SSSR count). The second-order valence-corrected chi connectivity index (χ2v) is 8.67. The third-order valence-electron chi connectivity index (χ3n) is 5.48. The van der Waals surface area contributed by atoms with Gasteiger partial charge in [-0.25, -0.2) is 26.9 Å². The average molecular weight is 515 g/mol. The van der Waals surface area contributed by atoms with Crippen LogP contribution in [0.25, 0.3) is 26.6 Å². The highest BCUT2D eigenvalue weighted by molar-refractivity contribution is 7.18. The zero-order valence-corrected chi connectivity index (χ0v) is 18.6. The van der Waals surface area contributed by atoms with Gasteiger partial charge in [0.1, 0.15) is 5.69 Å². The molecule has 1 aliphatic rings. The van der Waals surface area contributed by atoms with Gasteiger partial charge in [-0.1, -0.05) is 30.3 Å². The van der Waals surface area contributed by atoms with E-state index in [9.17, 15) is 36.6 Å². The number of nitrogens with zero attached hydrogens (tertiary/aromatic N) is 2. The Bertz CT molecular complexity index is 1550. The summed E-state index contributed by atoms with van der Waals surface area (Å²) in [5, 5.41) is 10.2. The Labute approximate surface area is 203 Å². The molecule has 2 aromatic carbocycles. The molecule has 36 heavy (non-hydrogen) atoms. The SMILES string of the molecule is O=C1C(O)=C([n+]2ccc(-c3ccc(-c4ccccc4)s3)cc2)C(=O)N1c1c(F)c(F)c(F)c(F)c1F. The van der Waals surface area contributed by atoms with E-state index in [0.29, 0.717) is 0 Å². The van der Waals surface area contributed by atoms with Crippen LogP contribution in [0.5, 0.6) is 0 Å². The van der Waals surface area contributed by atoms with E-state index in [0.717, 1.165) is 25.4 Å². The Balaban J connectivity index is 1.48. The minimum atomic E-state index is -2.45. The van der Waals surface area contributed by atoms with Gasteiger partial charge in [-0.15, -0.1) is 11.3 Å². The maximum absolute atomic E-state index is 14.3. The number of hydrogen-bond acceptors (Lipinski definition) is 4. The fraction of sp³-hybridized carbons (Fsp3) is 0. The van der Waals surface area contributed by atoms with Crippen molar-refractivity contribution in [3.8, 4) is 20.9 Å². The van der Waals surface area contributed by atoms with Gasteiger partial charge < -0.3 is 5.11 Å². The zero-order chi connectivity index (χ0) is 25.7. The number of carbonyl (C=O) groups is 2. The Morgan fingerprint density at radius 3 is 1.72 bits per heavy atom. The quantitative estimate of drug-likeness (QED) is 0.131. The van der Waals surface area contributed by atoms with E-state index in [2.05, 4.69) is 0 Å². The number of hydrogen-bond donors (Lipinski definition) is 1.